The molecule has 0 spiro atoms. The molecule has 3 aromatic heterocycles. The van der Waals surface area contributed by atoms with Crippen LogP contribution in [0.2, 0.25) is 0 Å². The van der Waals surface area contributed by atoms with Gasteiger partial charge in [-0.25, -0.2) is 4.98 Å². The number of aliphatic carboxylic acids is 1. The standard InChI is InChI=1S/C19H22F3N7O3S/c1-2-3-11-8-12-15(23-18(24-16(12)33-11)28(6-7-30)10-14(31)32)27-4-5-29-13(9-27)25-26-17(29)19(20,21)22/h8,30H,2-7,9-10H2,1H3,(H,31,32). The van der Waals surface area contributed by atoms with Crippen LogP contribution in [0.15, 0.2) is 6.07 Å². The zero-order valence-corrected chi connectivity index (χ0v) is 18.5. The van der Waals surface area contributed by atoms with Crippen molar-refractivity contribution in [2.75, 3.05) is 36.0 Å². The fourth-order valence-electron chi connectivity index (χ4n) is 3.78. The van der Waals surface area contributed by atoms with Crippen molar-refractivity contribution in [3.63, 3.8) is 0 Å². The Kier molecular flexibility index (Phi) is 6.38. The molecule has 0 aromatic carbocycles. The lowest BCUT2D eigenvalue weighted by Crippen LogP contribution is -2.37. The summed E-state index contributed by atoms with van der Waals surface area (Å²) in [7, 11) is 0. The first-order valence-corrected chi connectivity index (χ1v) is 11.1. The molecule has 0 bridgehead atoms. The monoisotopic (exact) mass is 485 g/mol. The van der Waals surface area contributed by atoms with Gasteiger partial charge in [0.05, 0.1) is 18.5 Å². The van der Waals surface area contributed by atoms with Gasteiger partial charge in [0.25, 0.3) is 0 Å². The minimum Gasteiger partial charge on any atom is -0.480 e. The highest BCUT2D eigenvalue weighted by Crippen LogP contribution is 2.36. The SMILES string of the molecule is CCCc1cc2c(N3CCn4c(nnc4C(F)(F)F)C3)nc(N(CCO)CC(=O)O)nc2s1. The van der Waals surface area contributed by atoms with Crippen LogP contribution in [-0.4, -0.2) is 67.2 Å². The van der Waals surface area contributed by atoms with E-state index in [1.54, 1.807) is 4.90 Å². The Morgan fingerprint density at radius 2 is 2.06 bits per heavy atom. The highest BCUT2D eigenvalue weighted by molar-refractivity contribution is 7.18. The Hall–Kier alpha value is -3.00. The lowest BCUT2D eigenvalue weighted by molar-refractivity contribution is -0.147. The van der Waals surface area contributed by atoms with E-state index >= 15 is 0 Å². The van der Waals surface area contributed by atoms with E-state index in [-0.39, 0.29) is 44.6 Å². The number of anilines is 2. The molecule has 4 rings (SSSR count). The summed E-state index contributed by atoms with van der Waals surface area (Å²) in [6.07, 6.45) is -2.84. The second-order valence-corrected chi connectivity index (χ2v) is 8.69. The summed E-state index contributed by atoms with van der Waals surface area (Å²) in [5, 5.41) is 26.4. The van der Waals surface area contributed by atoms with Crippen molar-refractivity contribution in [1.29, 1.82) is 0 Å². The van der Waals surface area contributed by atoms with E-state index in [9.17, 15) is 28.2 Å². The van der Waals surface area contributed by atoms with Crippen molar-refractivity contribution >= 4 is 39.3 Å². The van der Waals surface area contributed by atoms with Crippen LogP contribution in [0.5, 0.6) is 0 Å². The highest BCUT2D eigenvalue weighted by atomic mass is 32.1. The van der Waals surface area contributed by atoms with Crippen molar-refractivity contribution in [2.45, 2.75) is 39.0 Å². The Labute approximate surface area is 190 Å². The quantitative estimate of drug-likeness (QED) is 0.494. The number of aromatic nitrogens is 5. The average Bonchev–Trinajstić information content (AvgIpc) is 3.35. The molecule has 0 radical (unpaired) electrons. The predicted molar refractivity (Wildman–Crippen MR) is 114 cm³/mol. The number of aliphatic hydroxyl groups is 1. The van der Waals surface area contributed by atoms with Crippen LogP contribution >= 0.6 is 11.3 Å². The molecule has 3 aromatic rings. The first kappa shape index (κ1) is 23.2. The second-order valence-electron chi connectivity index (χ2n) is 7.58. The summed E-state index contributed by atoms with van der Waals surface area (Å²) in [6.45, 7) is 1.70. The third-order valence-corrected chi connectivity index (χ3v) is 6.28. The Morgan fingerprint density at radius 1 is 1.27 bits per heavy atom. The lowest BCUT2D eigenvalue weighted by atomic mass is 10.2. The number of fused-ring (bicyclic) bond motifs is 2. The molecule has 0 atom stereocenters. The van der Waals surface area contributed by atoms with Gasteiger partial charge in [-0.3, -0.25) is 4.79 Å². The maximum atomic E-state index is 13.2. The fourth-order valence-corrected chi connectivity index (χ4v) is 4.90. The number of hydrogen-bond donors (Lipinski definition) is 2. The number of hydrogen-bond acceptors (Lipinski definition) is 9. The number of aryl methyl sites for hydroxylation is 1. The van der Waals surface area contributed by atoms with Gasteiger partial charge < -0.3 is 24.6 Å². The van der Waals surface area contributed by atoms with E-state index in [2.05, 4.69) is 20.2 Å². The van der Waals surface area contributed by atoms with Crippen molar-refractivity contribution in [1.82, 2.24) is 24.7 Å². The molecule has 2 N–H and O–H groups in total. The zero-order valence-electron chi connectivity index (χ0n) is 17.7. The number of nitrogens with zero attached hydrogens (tertiary/aromatic N) is 7. The summed E-state index contributed by atoms with van der Waals surface area (Å²) >= 11 is 1.47. The van der Waals surface area contributed by atoms with Crippen molar-refractivity contribution in [3.05, 3.63) is 22.6 Å². The van der Waals surface area contributed by atoms with E-state index in [4.69, 9.17) is 0 Å². The van der Waals surface area contributed by atoms with Gasteiger partial charge in [0.1, 0.15) is 17.2 Å². The van der Waals surface area contributed by atoms with Crippen LogP contribution in [0.25, 0.3) is 10.2 Å². The first-order valence-electron chi connectivity index (χ1n) is 10.3. The van der Waals surface area contributed by atoms with E-state index in [1.807, 2.05) is 13.0 Å². The van der Waals surface area contributed by atoms with Crippen LogP contribution in [0.1, 0.15) is 29.9 Å². The van der Waals surface area contributed by atoms with Crippen molar-refractivity contribution in [3.8, 4) is 0 Å². The van der Waals surface area contributed by atoms with Crippen molar-refractivity contribution in [2.24, 2.45) is 0 Å². The molecule has 4 heterocycles. The van der Waals surface area contributed by atoms with Gasteiger partial charge in [0, 0.05) is 24.5 Å². The molecule has 0 aliphatic carbocycles. The smallest absolute Gasteiger partial charge is 0.451 e. The molecular formula is C19H22F3N7O3S. The number of halogens is 3. The minimum atomic E-state index is -4.59. The van der Waals surface area contributed by atoms with Gasteiger partial charge in [-0.05, 0) is 12.5 Å². The molecule has 1 aliphatic heterocycles. The summed E-state index contributed by atoms with van der Waals surface area (Å²) in [5.41, 5.74) is 0. The molecule has 0 unspecified atom stereocenters. The predicted octanol–water partition coefficient (Wildman–Crippen LogP) is 2.16. The number of rotatable bonds is 8. The average molecular weight is 485 g/mol. The van der Waals surface area contributed by atoms with E-state index in [0.29, 0.717) is 10.6 Å². The molecule has 0 amide bonds. The molecule has 10 nitrogen and oxygen atoms in total. The molecule has 33 heavy (non-hydrogen) atoms. The van der Waals surface area contributed by atoms with Crippen LogP contribution in [0.4, 0.5) is 24.9 Å². The number of alkyl halides is 3. The Balaban J connectivity index is 1.77. The number of thiophene rings is 1. The number of aliphatic hydroxyl groups excluding tert-OH is 1. The van der Waals surface area contributed by atoms with Crippen LogP contribution in [0, 0.1) is 0 Å². The lowest BCUT2D eigenvalue weighted by Gasteiger charge is -2.30. The first-order chi connectivity index (χ1) is 15.7. The molecular weight excluding hydrogens is 463 g/mol. The molecule has 14 heteroatoms. The minimum absolute atomic E-state index is 0.0215. The van der Waals surface area contributed by atoms with E-state index < -0.39 is 24.5 Å². The van der Waals surface area contributed by atoms with Gasteiger partial charge in [0.15, 0.2) is 5.82 Å². The number of carbonyl (C=O) groups is 1. The second kappa shape index (κ2) is 9.09. The zero-order chi connectivity index (χ0) is 23.8. The third kappa shape index (κ3) is 4.71. The number of carboxylic acids is 1. The fraction of sp³-hybridized carbons (Fsp3) is 0.526. The summed E-state index contributed by atoms with van der Waals surface area (Å²) in [6, 6.07) is 1.97. The third-order valence-electron chi connectivity index (χ3n) is 5.19. The summed E-state index contributed by atoms with van der Waals surface area (Å²) in [4.78, 5) is 25.3. The van der Waals surface area contributed by atoms with Crippen LogP contribution in [-0.2, 0) is 30.5 Å². The van der Waals surface area contributed by atoms with Gasteiger partial charge in [-0.2, -0.15) is 18.2 Å². The molecule has 0 fully saturated rings. The molecule has 178 valence electrons. The molecule has 0 saturated heterocycles. The Bertz CT molecular complexity index is 1160. The van der Waals surface area contributed by atoms with Gasteiger partial charge in [0.2, 0.25) is 11.8 Å². The molecule has 1 aliphatic rings. The van der Waals surface area contributed by atoms with Gasteiger partial charge >= 0.3 is 12.1 Å². The van der Waals surface area contributed by atoms with Gasteiger partial charge in [-0.1, -0.05) is 13.3 Å². The van der Waals surface area contributed by atoms with Crippen LogP contribution in [0.3, 0.4) is 0 Å². The normalized spacial score (nSPS) is 14.0. The Morgan fingerprint density at radius 3 is 2.73 bits per heavy atom. The highest BCUT2D eigenvalue weighted by Gasteiger charge is 2.39. The van der Waals surface area contributed by atoms with E-state index in [0.717, 1.165) is 27.7 Å². The molecule has 0 saturated carbocycles. The maximum absolute atomic E-state index is 13.2. The maximum Gasteiger partial charge on any atom is 0.451 e. The summed E-state index contributed by atoms with van der Waals surface area (Å²) in [5.74, 6) is -1.32. The number of carboxylic acid groups (broad SMARTS) is 1. The van der Waals surface area contributed by atoms with E-state index in [1.165, 1.54) is 16.2 Å². The van der Waals surface area contributed by atoms with Gasteiger partial charge in [-0.15, -0.1) is 21.5 Å². The topological polar surface area (TPSA) is 120 Å². The van der Waals surface area contributed by atoms with Crippen molar-refractivity contribution < 1.29 is 28.2 Å². The summed E-state index contributed by atoms with van der Waals surface area (Å²) < 4.78 is 40.7. The van der Waals surface area contributed by atoms with Crippen LogP contribution < -0.4 is 9.80 Å². The largest absolute Gasteiger partial charge is 0.480 e.